The monoisotopic (exact) mass is 646 g/mol. The van der Waals surface area contributed by atoms with Gasteiger partial charge in [0, 0.05) is 5.56 Å². The van der Waals surface area contributed by atoms with Gasteiger partial charge in [-0.1, -0.05) is 24.3 Å². The third-order valence-electron chi connectivity index (χ3n) is 5.80. The quantitative estimate of drug-likeness (QED) is 0.152. The Hall–Kier alpha value is -4.87. The SMILES string of the molecule is NC(=O)c1c(Nc2cccc(C(F)(F)F)n2)n[nH]c1-c1ccc(NS(=O)(=O)CCC(F)(F)F)c(OCc2ccc(F)cc2)c1. The van der Waals surface area contributed by atoms with E-state index < -0.39 is 52.0 Å². The highest BCUT2D eigenvalue weighted by Crippen LogP contribution is 2.36. The van der Waals surface area contributed by atoms with Crippen LogP contribution in [0.5, 0.6) is 5.75 Å². The Morgan fingerprint density at radius 1 is 1.00 bits per heavy atom. The van der Waals surface area contributed by atoms with Gasteiger partial charge in [-0.3, -0.25) is 14.6 Å². The number of ether oxygens (including phenoxy) is 1. The van der Waals surface area contributed by atoms with Gasteiger partial charge in [0.25, 0.3) is 5.91 Å². The number of rotatable bonds is 11. The minimum absolute atomic E-state index is 0.0647. The number of anilines is 3. The summed E-state index contributed by atoms with van der Waals surface area (Å²) in [7, 11) is -4.51. The predicted molar refractivity (Wildman–Crippen MR) is 144 cm³/mol. The van der Waals surface area contributed by atoms with E-state index >= 15 is 0 Å². The van der Waals surface area contributed by atoms with Gasteiger partial charge < -0.3 is 15.8 Å². The number of nitrogens with two attached hydrogens (primary N) is 1. The maximum absolute atomic E-state index is 13.3. The molecule has 4 rings (SSSR count). The van der Waals surface area contributed by atoms with Crippen molar-refractivity contribution >= 4 is 33.3 Å². The van der Waals surface area contributed by atoms with Crippen molar-refractivity contribution in [2.24, 2.45) is 5.73 Å². The predicted octanol–water partition coefficient (Wildman–Crippen LogP) is 5.75. The zero-order chi connectivity index (χ0) is 32.3. The number of hydrogen-bond acceptors (Lipinski definition) is 7. The molecule has 0 aliphatic heterocycles. The molecule has 10 nitrogen and oxygen atoms in total. The van der Waals surface area contributed by atoms with Gasteiger partial charge in [0.2, 0.25) is 10.0 Å². The number of pyridine rings is 1. The van der Waals surface area contributed by atoms with Crippen LogP contribution in [0.1, 0.15) is 28.0 Å². The molecule has 234 valence electrons. The smallest absolute Gasteiger partial charge is 0.433 e. The Labute approximate surface area is 244 Å². The van der Waals surface area contributed by atoms with E-state index in [0.29, 0.717) is 5.56 Å². The van der Waals surface area contributed by atoms with Gasteiger partial charge in [-0.2, -0.15) is 31.4 Å². The second-order valence-electron chi connectivity index (χ2n) is 9.13. The first-order valence-corrected chi connectivity index (χ1v) is 13.9. The first-order chi connectivity index (χ1) is 20.5. The lowest BCUT2D eigenvalue weighted by Gasteiger charge is -2.16. The van der Waals surface area contributed by atoms with Crippen LogP contribution >= 0.6 is 0 Å². The van der Waals surface area contributed by atoms with E-state index in [0.717, 1.165) is 30.3 Å². The number of hydrogen-bond donors (Lipinski definition) is 4. The number of nitrogens with one attached hydrogen (secondary N) is 3. The number of carbonyl (C=O) groups excluding carboxylic acids is 1. The molecule has 0 aliphatic carbocycles. The maximum Gasteiger partial charge on any atom is 0.433 e. The Morgan fingerprint density at radius 2 is 1.70 bits per heavy atom. The molecule has 2 aromatic heterocycles. The Morgan fingerprint density at radius 3 is 2.34 bits per heavy atom. The van der Waals surface area contributed by atoms with Crippen LogP contribution in [0.4, 0.5) is 48.1 Å². The van der Waals surface area contributed by atoms with Gasteiger partial charge in [0.05, 0.1) is 23.6 Å². The molecule has 4 aromatic rings. The minimum atomic E-state index is -4.75. The molecule has 44 heavy (non-hydrogen) atoms. The van der Waals surface area contributed by atoms with Crippen molar-refractivity contribution < 1.29 is 48.7 Å². The molecule has 0 unspecified atom stereocenters. The number of aromatic amines is 1. The topological polar surface area (TPSA) is 152 Å². The second kappa shape index (κ2) is 12.4. The van der Waals surface area contributed by atoms with Gasteiger partial charge in [-0.15, -0.1) is 0 Å². The zero-order valence-corrected chi connectivity index (χ0v) is 22.9. The number of halogens is 7. The van der Waals surface area contributed by atoms with Gasteiger partial charge >= 0.3 is 12.4 Å². The summed E-state index contributed by atoms with van der Waals surface area (Å²) in [4.78, 5) is 15.8. The molecule has 0 saturated carbocycles. The van der Waals surface area contributed by atoms with Crippen molar-refractivity contribution in [3.8, 4) is 17.0 Å². The molecule has 0 spiro atoms. The number of primary amides is 1. The van der Waals surface area contributed by atoms with Crippen molar-refractivity contribution in [3.05, 3.63) is 83.3 Å². The Balaban J connectivity index is 1.70. The standard InChI is InChI=1S/C26H21F7N6O4S/c27-16-7-4-14(5-8-16)13-43-18-12-15(6-9-17(18)39-44(41,42)11-10-25(28,29)30)22-21(23(34)40)24(38-37-22)36-20-3-1-2-19(35-20)26(31,32)33/h1-9,12,39H,10-11,13H2,(H2,34,40)(H2,35,36,37,38). The fraction of sp³-hybridized carbons (Fsp3) is 0.192. The van der Waals surface area contributed by atoms with Crippen LogP contribution in [-0.4, -0.2) is 41.4 Å². The average Bonchev–Trinajstić information content (AvgIpc) is 3.35. The van der Waals surface area contributed by atoms with Gasteiger partial charge in [0.1, 0.15) is 35.2 Å². The van der Waals surface area contributed by atoms with E-state index in [1.807, 2.05) is 4.72 Å². The molecule has 0 fully saturated rings. The number of nitrogens with zero attached hydrogens (tertiary/aromatic N) is 2. The van der Waals surface area contributed by atoms with Crippen molar-refractivity contribution in [2.75, 3.05) is 15.8 Å². The molecule has 0 atom stereocenters. The normalized spacial score (nSPS) is 12.2. The molecule has 1 amide bonds. The van der Waals surface area contributed by atoms with E-state index in [9.17, 15) is 43.9 Å². The van der Waals surface area contributed by atoms with Crippen LogP contribution in [0.25, 0.3) is 11.3 Å². The summed E-state index contributed by atoms with van der Waals surface area (Å²) in [5.74, 6) is -3.68. The van der Waals surface area contributed by atoms with Gasteiger partial charge in [-0.05, 0) is 42.0 Å². The first kappa shape index (κ1) is 32.1. The molecule has 18 heteroatoms. The fourth-order valence-corrected chi connectivity index (χ4v) is 4.86. The van der Waals surface area contributed by atoms with Gasteiger partial charge in [-0.25, -0.2) is 17.8 Å². The van der Waals surface area contributed by atoms with Crippen LogP contribution in [0.2, 0.25) is 0 Å². The zero-order valence-electron chi connectivity index (χ0n) is 22.1. The van der Waals surface area contributed by atoms with E-state index in [2.05, 4.69) is 20.5 Å². The van der Waals surface area contributed by atoms with Crippen LogP contribution < -0.4 is 20.5 Å². The molecule has 0 radical (unpaired) electrons. The molecule has 0 aliphatic rings. The molecular formula is C26H21F7N6O4S. The fourth-order valence-electron chi connectivity index (χ4n) is 3.76. The van der Waals surface area contributed by atoms with Crippen molar-refractivity contribution in [1.82, 2.24) is 15.2 Å². The van der Waals surface area contributed by atoms with E-state index in [1.165, 1.54) is 30.3 Å². The minimum Gasteiger partial charge on any atom is -0.487 e. The number of benzene rings is 2. The summed E-state index contributed by atoms with van der Waals surface area (Å²) < 4.78 is 123. The maximum atomic E-state index is 13.3. The Bertz CT molecular complexity index is 1760. The summed E-state index contributed by atoms with van der Waals surface area (Å²) in [6.07, 6.45) is -11.1. The first-order valence-electron chi connectivity index (χ1n) is 12.3. The molecular weight excluding hydrogens is 625 g/mol. The highest BCUT2D eigenvalue weighted by atomic mass is 32.2. The highest BCUT2D eigenvalue weighted by molar-refractivity contribution is 7.92. The number of alkyl halides is 6. The summed E-state index contributed by atoms with van der Waals surface area (Å²) >= 11 is 0. The lowest BCUT2D eigenvalue weighted by molar-refractivity contribution is -0.141. The summed E-state index contributed by atoms with van der Waals surface area (Å²) in [6.45, 7) is -0.235. The Kier molecular flexibility index (Phi) is 9.03. The molecule has 2 aromatic carbocycles. The number of carbonyl (C=O) groups is 1. The van der Waals surface area contributed by atoms with Gasteiger partial charge in [0.15, 0.2) is 5.82 Å². The molecule has 0 bridgehead atoms. The third kappa shape index (κ3) is 8.36. The van der Waals surface area contributed by atoms with Crippen molar-refractivity contribution in [1.29, 1.82) is 0 Å². The third-order valence-corrected chi connectivity index (χ3v) is 7.07. The number of sulfonamides is 1. The number of aromatic nitrogens is 3. The van der Waals surface area contributed by atoms with Crippen LogP contribution in [0.15, 0.2) is 60.7 Å². The van der Waals surface area contributed by atoms with Crippen LogP contribution in [0, 0.1) is 5.82 Å². The largest absolute Gasteiger partial charge is 0.487 e. The second-order valence-corrected chi connectivity index (χ2v) is 11.0. The lowest BCUT2D eigenvalue weighted by atomic mass is 10.1. The number of amides is 1. The number of H-pyrrole nitrogens is 1. The summed E-state index contributed by atoms with van der Waals surface area (Å²) in [6, 6.07) is 11.7. The van der Waals surface area contributed by atoms with E-state index in [-0.39, 0.29) is 46.5 Å². The summed E-state index contributed by atoms with van der Waals surface area (Å²) in [5.41, 5.74) is 4.24. The molecule has 0 saturated heterocycles. The van der Waals surface area contributed by atoms with Crippen LogP contribution in [0.3, 0.4) is 0 Å². The van der Waals surface area contributed by atoms with Crippen molar-refractivity contribution in [2.45, 2.75) is 25.4 Å². The molecule has 5 N–H and O–H groups in total. The van der Waals surface area contributed by atoms with E-state index in [1.54, 1.807) is 0 Å². The van der Waals surface area contributed by atoms with E-state index in [4.69, 9.17) is 10.5 Å². The average molecular weight is 647 g/mol. The lowest BCUT2D eigenvalue weighted by Crippen LogP contribution is -2.22. The molecule has 2 heterocycles. The van der Waals surface area contributed by atoms with Crippen molar-refractivity contribution in [3.63, 3.8) is 0 Å². The highest BCUT2D eigenvalue weighted by Gasteiger charge is 2.33. The summed E-state index contributed by atoms with van der Waals surface area (Å²) in [5, 5.41) is 8.92. The van der Waals surface area contributed by atoms with Crippen LogP contribution in [-0.2, 0) is 22.8 Å².